The fraction of sp³-hybridized carbons (Fsp3) is 0.286. The van der Waals surface area contributed by atoms with Crippen molar-refractivity contribution >= 4 is 27.6 Å². The highest BCUT2D eigenvalue weighted by atomic mass is 32.2. The van der Waals surface area contributed by atoms with Gasteiger partial charge in [0.25, 0.3) is 0 Å². The Hall–Kier alpha value is -1.19. The van der Waals surface area contributed by atoms with Crippen molar-refractivity contribution in [3.8, 4) is 0 Å². The van der Waals surface area contributed by atoms with Crippen LogP contribution in [0.2, 0.25) is 0 Å². The van der Waals surface area contributed by atoms with Gasteiger partial charge < -0.3 is 10.7 Å². The summed E-state index contributed by atoms with van der Waals surface area (Å²) in [7, 11) is 0. The third kappa shape index (κ3) is 3.14. The second-order valence-electron chi connectivity index (χ2n) is 3.25. The van der Waals surface area contributed by atoms with Gasteiger partial charge in [0, 0.05) is 28.5 Å². The van der Waals surface area contributed by atoms with E-state index >= 15 is 0 Å². The van der Waals surface area contributed by atoms with Crippen LogP contribution in [0, 0.1) is 0 Å². The van der Waals surface area contributed by atoms with Gasteiger partial charge in [0.1, 0.15) is 0 Å². The van der Waals surface area contributed by atoms with Crippen LogP contribution in [0.25, 0.3) is 15.8 Å². The molecule has 0 unspecified atom stereocenters. The van der Waals surface area contributed by atoms with Gasteiger partial charge in [0.15, 0.2) is 0 Å². The summed E-state index contributed by atoms with van der Waals surface area (Å²) in [6.07, 6.45) is 6.11. The van der Waals surface area contributed by atoms with E-state index in [1.807, 2.05) is 20.0 Å². The molecule has 0 aliphatic carbocycles. The number of aromatic nitrogens is 1. The van der Waals surface area contributed by atoms with E-state index in [1.54, 1.807) is 11.8 Å². The van der Waals surface area contributed by atoms with E-state index < -0.39 is 0 Å². The van der Waals surface area contributed by atoms with Crippen LogP contribution in [-0.4, -0.2) is 17.8 Å². The third-order valence-corrected chi connectivity index (χ3v) is 3.21. The minimum absolute atomic E-state index is 0.580. The normalized spacial score (nSPS) is 11.2. The van der Waals surface area contributed by atoms with Crippen LogP contribution in [0.1, 0.15) is 19.4 Å². The Kier molecular flexibility index (Phi) is 5.87. The number of fused-ring (bicyclic) bond motifs is 1. The molecule has 2 rings (SSSR count). The lowest BCUT2D eigenvalue weighted by atomic mass is 10.1. The van der Waals surface area contributed by atoms with Gasteiger partial charge in [-0.25, -0.2) is 0 Å². The van der Waals surface area contributed by atoms with Crippen molar-refractivity contribution < 1.29 is 0 Å². The van der Waals surface area contributed by atoms with Crippen LogP contribution in [0.3, 0.4) is 0 Å². The molecule has 0 amide bonds. The molecular formula is C14H20N2S. The maximum absolute atomic E-state index is 5.56. The summed E-state index contributed by atoms with van der Waals surface area (Å²) in [6.45, 7) is 4.58. The maximum atomic E-state index is 5.56. The van der Waals surface area contributed by atoms with E-state index in [0.717, 1.165) is 0 Å². The summed E-state index contributed by atoms with van der Waals surface area (Å²) >= 11 is 1.73. The summed E-state index contributed by atoms with van der Waals surface area (Å²) in [5, 5.41) is 1.26. The summed E-state index contributed by atoms with van der Waals surface area (Å²) in [4.78, 5) is 4.45. The lowest BCUT2D eigenvalue weighted by Crippen LogP contribution is -1.94. The van der Waals surface area contributed by atoms with Crippen molar-refractivity contribution in [2.45, 2.75) is 13.8 Å². The van der Waals surface area contributed by atoms with Crippen LogP contribution < -0.4 is 5.73 Å². The predicted molar refractivity (Wildman–Crippen MR) is 80.2 cm³/mol. The summed E-state index contributed by atoms with van der Waals surface area (Å²) in [6, 6.07) is 8.38. The van der Waals surface area contributed by atoms with Crippen molar-refractivity contribution in [1.82, 2.24) is 4.98 Å². The van der Waals surface area contributed by atoms with E-state index in [4.69, 9.17) is 5.73 Å². The number of rotatable bonds is 3. The molecule has 0 radical (unpaired) electrons. The molecule has 3 N–H and O–H groups in total. The van der Waals surface area contributed by atoms with Gasteiger partial charge in [-0.2, -0.15) is 0 Å². The molecule has 0 bridgehead atoms. The molecule has 3 heteroatoms. The molecule has 0 aliphatic heterocycles. The van der Waals surface area contributed by atoms with E-state index in [1.165, 1.54) is 21.4 Å². The molecule has 17 heavy (non-hydrogen) atoms. The van der Waals surface area contributed by atoms with Crippen LogP contribution in [0.5, 0.6) is 0 Å². The number of hydrogen-bond acceptors (Lipinski definition) is 2. The van der Waals surface area contributed by atoms with Gasteiger partial charge in [-0.15, -0.1) is 11.8 Å². The number of nitrogens with one attached hydrogen (secondary N) is 1. The Morgan fingerprint density at radius 3 is 2.76 bits per heavy atom. The first-order valence-electron chi connectivity index (χ1n) is 5.87. The number of aromatic amines is 1. The third-order valence-electron chi connectivity index (χ3n) is 2.38. The SMILES string of the molecule is CC.CS/C(=C\CN)c1cccc2[nH]ccc12. The molecule has 0 spiro atoms. The zero-order valence-corrected chi connectivity index (χ0v) is 11.5. The average molecular weight is 248 g/mol. The number of nitrogens with two attached hydrogens (primary N) is 1. The fourth-order valence-electron chi connectivity index (χ4n) is 1.71. The van der Waals surface area contributed by atoms with Crippen molar-refractivity contribution in [2.24, 2.45) is 5.73 Å². The Morgan fingerprint density at radius 2 is 2.12 bits per heavy atom. The quantitative estimate of drug-likeness (QED) is 0.866. The smallest absolute Gasteiger partial charge is 0.0460 e. The van der Waals surface area contributed by atoms with Gasteiger partial charge in [-0.3, -0.25) is 0 Å². The van der Waals surface area contributed by atoms with E-state index in [-0.39, 0.29) is 0 Å². The highest BCUT2D eigenvalue weighted by Crippen LogP contribution is 2.30. The molecule has 92 valence electrons. The van der Waals surface area contributed by atoms with E-state index in [0.29, 0.717) is 6.54 Å². The summed E-state index contributed by atoms with van der Waals surface area (Å²) in [5.74, 6) is 0. The molecule has 0 atom stereocenters. The standard InChI is InChI=1S/C12H14N2S.C2H6/c1-15-12(5-7-13)10-3-2-4-11-9(10)6-8-14-11;1-2/h2-6,8,14H,7,13H2,1H3;1-2H3/b12-5-;. The van der Waals surface area contributed by atoms with Gasteiger partial charge in [-0.1, -0.05) is 32.1 Å². The lowest BCUT2D eigenvalue weighted by Gasteiger charge is -2.05. The van der Waals surface area contributed by atoms with Crippen molar-refractivity contribution in [3.63, 3.8) is 0 Å². The second-order valence-corrected chi connectivity index (χ2v) is 4.10. The second kappa shape index (κ2) is 7.20. The Morgan fingerprint density at radius 1 is 1.35 bits per heavy atom. The summed E-state index contributed by atoms with van der Waals surface area (Å²) in [5.41, 5.74) is 7.99. The molecule has 1 aromatic carbocycles. The fourth-order valence-corrected chi connectivity index (χ4v) is 2.37. The van der Waals surface area contributed by atoms with E-state index in [9.17, 15) is 0 Å². The topological polar surface area (TPSA) is 41.8 Å². The van der Waals surface area contributed by atoms with Crippen molar-refractivity contribution in [3.05, 3.63) is 42.1 Å². The zero-order chi connectivity index (χ0) is 12.7. The number of hydrogen-bond donors (Lipinski definition) is 2. The molecule has 0 saturated heterocycles. The Bertz CT molecular complexity index is 486. The first kappa shape index (κ1) is 13.9. The first-order chi connectivity index (χ1) is 8.36. The number of H-pyrrole nitrogens is 1. The Balaban J connectivity index is 0.000000686. The van der Waals surface area contributed by atoms with Crippen LogP contribution >= 0.6 is 11.8 Å². The predicted octanol–water partition coefficient (Wildman–Crippen LogP) is 3.86. The monoisotopic (exact) mass is 248 g/mol. The van der Waals surface area contributed by atoms with Crippen molar-refractivity contribution in [1.29, 1.82) is 0 Å². The average Bonchev–Trinajstić information content (AvgIpc) is 2.86. The van der Waals surface area contributed by atoms with Crippen LogP contribution in [0.15, 0.2) is 36.5 Å². The molecular weight excluding hydrogens is 228 g/mol. The van der Waals surface area contributed by atoms with Crippen LogP contribution in [-0.2, 0) is 0 Å². The molecule has 2 aromatic rings. The molecule has 0 aliphatic rings. The molecule has 2 nitrogen and oxygen atoms in total. The van der Waals surface area contributed by atoms with Gasteiger partial charge >= 0.3 is 0 Å². The molecule has 1 aromatic heterocycles. The summed E-state index contributed by atoms with van der Waals surface area (Å²) < 4.78 is 0. The first-order valence-corrected chi connectivity index (χ1v) is 7.10. The molecule has 1 heterocycles. The number of thioether (sulfide) groups is 1. The zero-order valence-electron chi connectivity index (χ0n) is 10.7. The maximum Gasteiger partial charge on any atom is 0.0460 e. The molecule has 0 saturated carbocycles. The minimum atomic E-state index is 0.580. The van der Waals surface area contributed by atoms with Crippen LogP contribution in [0.4, 0.5) is 0 Å². The van der Waals surface area contributed by atoms with Crippen molar-refractivity contribution in [2.75, 3.05) is 12.8 Å². The highest BCUT2D eigenvalue weighted by molar-refractivity contribution is 8.07. The van der Waals surface area contributed by atoms with Gasteiger partial charge in [-0.05, 0) is 24.0 Å². The minimum Gasteiger partial charge on any atom is -0.361 e. The Labute approximate surface area is 107 Å². The lowest BCUT2D eigenvalue weighted by molar-refractivity contribution is 1.26. The molecule has 0 fully saturated rings. The number of benzene rings is 1. The highest BCUT2D eigenvalue weighted by Gasteiger charge is 2.05. The van der Waals surface area contributed by atoms with E-state index in [2.05, 4.69) is 41.6 Å². The largest absolute Gasteiger partial charge is 0.361 e. The van der Waals surface area contributed by atoms with Gasteiger partial charge in [0.2, 0.25) is 0 Å². The van der Waals surface area contributed by atoms with Gasteiger partial charge in [0.05, 0.1) is 0 Å².